The van der Waals surface area contributed by atoms with Gasteiger partial charge in [0.05, 0.1) is 42.6 Å². The molecule has 1 aromatic heterocycles. The van der Waals surface area contributed by atoms with Gasteiger partial charge in [-0.15, -0.1) is 0 Å². The van der Waals surface area contributed by atoms with Gasteiger partial charge in [0.25, 0.3) is 0 Å². The number of carbonyl (C=O) groups excluding carboxylic acids is 1. The molecule has 0 radical (unpaired) electrons. The van der Waals surface area contributed by atoms with Crippen molar-refractivity contribution in [2.24, 2.45) is 85.1 Å². The highest BCUT2D eigenvalue weighted by Gasteiger charge is 2.76. The Balaban J connectivity index is 1.20. The number of nitrogens with zero attached hydrogens (tertiary/aromatic N) is 1. The fourth-order valence-corrected chi connectivity index (χ4v) is 18.2. The number of aromatic amines is 1. The molecule has 0 aromatic carbocycles. The highest BCUT2D eigenvalue weighted by Crippen LogP contribution is 2.78. The van der Waals surface area contributed by atoms with Gasteiger partial charge in [0.1, 0.15) is 18.3 Å². The van der Waals surface area contributed by atoms with Crippen molar-refractivity contribution in [1.29, 1.82) is 0 Å². The van der Waals surface area contributed by atoms with Crippen LogP contribution in [0, 0.1) is 91.2 Å². The van der Waals surface area contributed by atoms with E-state index in [1.54, 1.807) is 6.33 Å². The summed E-state index contributed by atoms with van der Waals surface area (Å²) in [6.07, 6.45) is 5.77. The number of imidazole rings is 1. The number of nitrogens with one attached hydrogen (secondary N) is 2. The number of ether oxygens (including phenoxy) is 2. The zero-order valence-electron chi connectivity index (χ0n) is 40.7. The quantitative estimate of drug-likeness (QED) is 0.0915. The first-order valence-corrected chi connectivity index (χ1v) is 25.9. The molecule has 15 heteroatoms. The second kappa shape index (κ2) is 16.8. The lowest BCUT2D eigenvalue weighted by molar-refractivity contribution is -0.342. The van der Waals surface area contributed by atoms with E-state index < -0.39 is 92.5 Å². The monoisotopic (exact) mass is 947 g/mol. The number of amides is 1. The molecule has 1 aromatic rings. The summed E-state index contributed by atoms with van der Waals surface area (Å²) in [4.78, 5) is 36.7. The molecule has 10 rings (SSSR count). The molecule has 0 bridgehead atoms. The maximum Gasteiger partial charge on any atom is 0.310 e. The first kappa shape index (κ1) is 48.7. The summed E-state index contributed by atoms with van der Waals surface area (Å²) < 4.78 is 12.6. The molecule has 11 N–H and O–H groups in total. The molecule has 68 heavy (non-hydrogen) atoms. The Morgan fingerprint density at radius 1 is 0.971 bits per heavy atom. The van der Waals surface area contributed by atoms with E-state index in [-0.39, 0.29) is 67.3 Å². The molecule has 2 aliphatic heterocycles. The number of aliphatic carboxylic acids is 1. The molecule has 1 spiro atoms. The van der Waals surface area contributed by atoms with Crippen molar-refractivity contribution >= 4 is 11.9 Å². The lowest BCUT2D eigenvalue weighted by atomic mass is 9.30. The van der Waals surface area contributed by atoms with Gasteiger partial charge < -0.3 is 61.3 Å². The smallest absolute Gasteiger partial charge is 0.310 e. The normalized spacial score (nSPS) is 51.8. The number of rotatable bonds is 10. The minimum atomic E-state index is -1.62. The van der Waals surface area contributed by atoms with Gasteiger partial charge in [0.15, 0.2) is 6.29 Å². The van der Waals surface area contributed by atoms with Crippen LogP contribution in [0.3, 0.4) is 0 Å². The molecule has 15 nitrogen and oxygen atoms in total. The predicted molar refractivity (Wildman–Crippen MR) is 248 cm³/mol. The summed E-state index contributed by atoms with van der Waals surface area (Å²) in [5, 5.41) is 83.7. The van der Waals surface area contributed by atoms with Crippen LogP contribution >= 0.6 is 0 Å². The lowest BCUT2D eigenvalue weighted by Gasteiger charge is -2.74. The van der Waals surface area contributed by atoms with Crippen molar-refractivity contribution in [3.05, 3.63) is 29.9 Å². The van der Waals surface area contributed by atoms with Gasteiger partial charge >= 0.3 is 5.97 Å². The second-order valence-electron chi connectivity index (χ2n) is 24.7. The number of allylic oxidation sites excluding steroid dienone is 2. The number of carbonyl (C=O) groups is 2. The predicted octanol–water partition coefficient (Wildman–Crippen LogP) is 3.62. The molecule has 9 aliphatic rings. The third-order valence-electron chi connectivity index (χ3n) is 22.0. The van der Waals surface area contributed by atoms with Crippen LogP contribution in [0.5, 0.6) is 0 Å². The van der Waals surface area contributed by atoms with E-state index >= 15 is 4.79 Å². The fraction of sp³-hybridized carbons (Fsp3) is 0.830. The van der Waals surface area contributed by atoms with E-state index in [4.69, 9.17) is 15.2 Å². The Morgan fingerprint density at radius 3 is 2.43 bits per heavy atom. The van der Waals surface area contributed by atoms with E-state index in [0.29, 0.717) is 64.3 Å². The molecule has 5 saturated carbocycles. The summed E-state index contributed by atoms with van der Waals surface area (Å²) in [5.74, 6) is 4.47. The average molecular weight is 947 g/mol. The first-order valence-electron chi connectivity index (χ1n) is 25.9. The third kappa shape index (κ3) is 6.52. The van der Waals surface area contributed by atoms with E-state index in [0.717, 1.165) is 37.0 Å². The average Bonchev–Trinajstić information content (AvgIpc) is 4.07. The molecule has 7 fully saturated rings. The molecule has 7 aliphatic carbocycles. The van der Waals surface area contributed by atoms with Crippen molar-refractivity contribution in [2.75, 3.05) is 26.4 Å². The van der Waals surface area contributed by atoms with Crippen LogP contribution < -0.4 is 11.1 Å². The Morgan fingerprint density at radius 2 is 1.74 bits per heavy atom. The van der Waals surface area contributed by atoms with E-state index in [2.05, 4.69) is 60.9 Å². The van der Waals surface area contributed by atoms with Crippen molar-refractivity contribution in [1.82, 2.24) is 15.3 Å². The lowest BCUT2D eigenvalue weighted by Crippen LogP contribution is -2.73. The van der Waals surface area contributed by atoms with Gasteiger partial charge in [0, 0.05) is 47.7 Å². The number of hydrogen-bond donors (Lipinski definition) is 10. The summed E-state index contributed by atoms with van der Waals surface area (Å²) in [6, 6.07) is -0.355. The van der Waals surface area contributed by atoms with Gasteiger partial charge in [-0.1, -0.05) is 64.5 Å². The fourth-order valence-electron chi connectivity index (χ4n) is 18.2. The maximum absolute atomic E-state index is 15.2. The molecule has 2 saturated heterocycles. The third-order valence-corrected chi connectivity index (χ3v) is 22.0. The molecular weight excluding hydrogens is 869 g/mol. The van der Waals surface area contributed by atoms with Crippen LogP contribution in [-0.4, -0.2) is 127 Å². The number of carboxylic acid groups (broad SMARTS) is 1. The van der Waals surface area contributed by atoms with Crippen molar-refractivity contribution in [3.8, 4) is 11.8 Å². The Hall–Kier alpha value is -2.91. The van der Waals surface area contributed by atoms with Gasteiger partial charge in [-0.2, -0.15) is 0 Å². The highest BCUT2D eigenvalue weighted by molar-refractivity contribution is 5.87. The van der Waals surface area contributed by atoms with Crippen LogP contribution in [0.25, 0.3) is 0 Å². The molecule has 22 atom stereocenters. The van der Waals surface area contributed by atoms with Crippen LogP contribution in [0.4, 0.5) is 0 Å². The van der Waals surface area contributed by atoms with Gasteiger partial charge in [-0.25, -0.2) is 4.98 Å². The molecular formula is C53H78N4O11. The van der Waals surface area contributed by atoms with Crippen LogP contribution in [0.15, 0.2) is 24.2 Å². The SMILES string of the molecule is CC1(CO)CCC2(C(=O)O)CCC3(C)C(=CC4C#CC5CCCC56C(=O)NC(C(CCCN)c5cnc[nH]5)C6CC5C(O)C(OC6OCC(O)C(O)C6O)C(C)(CO)C6CCC3(C)C4C56C)C2C1. The first-order chi connectivity index (χ1) is 32.2. The number of nitrogens with two attached hydrogens (primary N) is 1. The number of aliphatic hydroxyl groups excluding tert-OH is 6. The van der Waals surface area contributed by atoms with Gasteiger partial charge in [0.2, 0.25) is 5.91 Å². The summed E-state index contributed by atoms with van der Waals surface area (Å²) >= 11 is 0. The maximum atomic E-state index is 15.2. The largest absolute Gasteiger partial charge is 0.481 e. The summed E-state index contributed by atoms with van der Waals surface area (Å²) in [6.45, 7) is 10.9. The van der Waals surface area contributed by atoms with Crippen LogP contribution in [0.1, 0.15) is 130 Å². The van der Waals surface area contributed by atoms with Gasteiger partial charge in [-0.05, 0) is 135 Å². The zero-order chi connectivity index (χ0) is 48.6. The minimum Gasteiger partial charge on any atom is -0.481 e. The summed E-state index contributed by atoms with van der Waals surface area (Å²) in [7, 11) is 0. The molecule has 3 heterocycles. The van der Waals surface area contributed by atoms with E-state index in [9.17, 15) is 40.5 Å². The standard InChI is InChI=1S/C53H78N4O11/c1-47(25-58)15-17-52(46(65)66)18-16-49(3)31(34(52)22-47)20-28-10-11-29-8-6-13-53(29)32(38(57-45(53)64)30(9-7-19-54)35-23-55-27-56-35)21-33-39(61)43(68-44-41(63)40(62)36(60)24-67-44)48(2,26-59)37-12-14-50(49,4)42(28)51(33,37)5/h20,23,27-30,32-34,36-44,58-63H,6-9,12-19,21-22,24-26,54H2,1-5H3,(H,55,56)(H,57,64)(H,65,66). The number of H-pyrrole nitrogens is 1. The van der Waals surface area contributed by atoms with Crippen molar-refractivity contribution in [3.63, 3.8) is 0 Å². The number of aliphatic hydroxyl groups is 6. The van der Waals surface area contributed by atoms with Crippen molar-refractivity contribution < 1.29 is 54.8 Å². The van der Waals surface area contributed by atoms with E-state index in [1.165, 1.54) is 0 Å². The Bertz CT molecular complexity index is 2220. The number of carboxylic acids is 1. The second-order valence-corrected chi connectivity index (χ2v) is 24.7. The summed E-state index contributed by atoms with van der Waals surface area (Å²) in [5.41, 5.74) is 3.08. The van der Waals surface area contributed by atoms with Crippen molar-refractivity contribution in [2.45, 2.75) is 167 Å². The number of fused-ring (bicyclic) bond motifs is 4. The van der Waals surface area contributed by atoms with Crippen LogP contribution in [-0.2, 0) is 19.1 Å². The van der Waals surface area contributed by atoms with Gasteiger partial charge in [-0.3, -0.25) is 9.59 Å². The van der Waals surface area contributed by atoms with E-state index in [1.807, 2.05) is 13.1 Å². The molecule has 376 valence electrons. The highest BCUT2D eigenvalue weighted by atomic mass is 16.7. The molecule has 1 amide bonds. The Labute approximate surface area is 400 Å². The minimum absolute atomic E-state index is 0.0292. The number of aromatic nitrogens is 2. The Kier molecular flexibility index (Phi) is 12.1. The number of hydrogen-bond acceptors (Lipinski definition) is 12. The topological polar surface area (TPSA) is 261 Å². The molecule has 22 unspecified atom stereocenters. The zero-order valence-corrected chi connectivity index (χ0v) is 40.7. The van der Waals surface area contributed by atoms with Crippen LogP contribution in [0.2, 0.25) is 0 Å².